The van der Waals surface area contributed by atoms with Crippen LogP contribution in [0.15, 0.2) is 71.3 Å². The van der Waals surface area contributed by atoms with E-state index in [-0.39, 0.29) is 0 Å². The van der Waals surface area contributed by atoms with E-state index in [1.54, 1.807) is 0 Å². The minimum absolute atomic E-state index is 1.02. The van der Waals surface area contributed by atoms with Gasteiger partial charge in [-0.05, 0) is 73.9 Å². The second kappa shape index (κ2) is 7.97. The van der Waals surface area contributed by atoms with Crippen LogP contribution in [0.3, 0.4) is 0 Å². The largest absolute Gasteiger partial charge is 0.0726 e. The Kier molecular flexibility index (Phi) is 5.98. The van der Waals surface area contributed by atoms with Crippen molar-refractivity contribution in [2.45, 2.75) is 47.5 Å². The van der Waals surface area contributed by atoms with Gasteiger partial charge in [0.2, 0.25) is 0 Å². The SMILES string of the molecule is CC/C(C(Cc1ccccc1C)=C(C)C)=C(/C)c1ccccc1. The standard InChI is InChI=1S/C23H28/c1-6-22(19(5)20-13-8-7-9-14-20)23(17(2)3)16-21-15-11-10-12-18(21)4/h7-15H,6,16H2,1-5H3/b22-19+. The number of benzene rings is 2. The Morgan fingerprint density at radius 3 is 1.96 bits per heavy atom. The highest BCUT2D eigenvalue weighted by Crippen LogP contribution is 2.30. The topological polar surface area (TPSA) is 0 Å². The maximum atomic E-state index is 2.27. The van der Waals surface area contributed by atoms with Gasteiger partial charge < -0.3 is 0 Å². The molecule has 23 heavy (non-hydrogen) atoms. The Labute approximate surface area is 141 Å². The maximum Gasteiger partial charge on any atom is -0.00210 e. The molecule has 120 valence electrons. The lowest BCUT2D eigenvalue weighted by Crippen LogP contribution is -2.01. The van der Waals surface area contributed by atoms with E-state index in [4.69, 9.17) is 0 Å². The monoisotopic (exact) mass is 304 g/mol. The molecule has 0 aliphatic rings. The first-order valence-electron chi connectivity index (χ1n) is 8.51. The fourth-order valence-corrected chi connectivity index (χ4v) is 3.15. The average Bonchev–Trinajstić information content (AvgIpc) is 2.56. The van der Waals surface area contributed by atoms with Crippen LogP contribution in [0.4, 0.5) is 0 Å². The van der Waals surface area contributed by atoms with Gasteiger partial charge in [-0.15, -0.1) is 0 Å². The zero-order valence-corrected chi connectivity index (χ0v) is 15.1. The van der Waals surface area contributed by atoms with E-state index in [1.165, 1.54) is 39.0 Å². The van der Waals surface area contributed by atoms with Gasteiger partial charge in [-0.1, -0.05) is 67.1 Å². The molecule has 0 bridgehead atoms. The van der Waals surface area contributed by atoms with Gasteiger partial charge in [0.25, 0.3) is 0 Å². The number of aryl methyl sites for hydroxylation is 1. The molecule has 0 radical (unpaired) electrons. The zero-order valence-electron chi connectivity index (χ0n) is 15.1. The van der Waals surface area contributed by atoms with Crippen LogP contribution in [0.2, 0.25) is 0 Å². The van der Waals surface area contributed by atoms with Gasteiger partial charge in [0.1, 0.15) is 0 Å². The number of hydrogen-bond acceptors (Lipinski definition) is 0. The van der Waals surface area contributed by atoms with E-state index >= 15 is 0 Å². The molecule has 0 saturated carbocycles. The molecular weight excluding hydrogens is 276 g/mol. The second-order valence-corrected chi connectivity index (χ2v) is 6.40. The first-order chi connectivity index (χ1) is 11.0. The van der Waals surface area contributed by atoms with Gasteiger partial charge in [0.15, 0.2) is 0 Å². The van der Waals surface area contributed by atoms with Crippen LogP contribution >= 0.6 is 0 Å². The fourth-order valence-electron chi connectivity index (χ4n) is 3.15. The first kappa shape index (κ1) is 17.3. The Morgan fingerprint density at radius 1 is 0.783 bits per heavy atom. The van der Waals surface area contributed by atoms with Gasteiger partial charge in [-0.3, -0.25) is 0 Å². The maximum absolute atomic E-state index is 2.27. The third kappa shape index (κ3) is 4.22. The van der Waals surface area contributed by atoms with Crippen molar-refractivity contribution in [3.05, 3.63) is 88.0 Å². The number of allylic oxidation sites excluding steroid dienone is 4. The second-order valence-electron chi connectivity index (χ2n) is 6.40. The Bertz CT molecular complexity index is 711. The van der Waals surface area contributed by atoms with E-state index in [2.05, 4.69) is 89.2 Å². The number of rotatable bonds is 5. The van der Waals surface area contributed by atoms with Crippen LogP contribution in [0.1, 0.15) is 50.8 Å². The van der Waals surface area contributed by atoms with E-state index in [0.29, 0.717) is 0 Å². The molecule has 2 rings (SSSR count). The molecule has 0 aromatic heterocycles. The summed E-state index contributed by atoms with van der Waals surface area (Å²) in [5.41, 5.74) is 9.92. The van der Waals surface area contributed by atoms with Crippen molar-refractivity contribution >= 4 is 5.57 Å². The van der Waals surface area contributed by atoms with Crippen LogP contribution in [0.25, 0.3) is 5.57 Å². The van der Waals surface area contributed by atoms with Crippen LogP contribution in [-0.2, 0) is 6.42 Å². The quantitative estimate of drug-likeness (QED) is 0.535. The van der Waals surface area contributed by atoms with E-state index in [0.717, 1.165) is 12.8 Å². The Morgan fingerprint density at radius 2 is 1.39 bits per heavy atom. The highest BCUT2D eigenvalue weighted by atomic mass is 14.2. The molecule has 0 aliphatic carbocycles. The lowest BCUT2D eigenvalue weighted by Gasteiger charge is -2.18. The van der Waals surface area contributed by atoms with Crippen molar-refractivity contribution in [3.63, 3.8) is 0 Å². The first-order valence-corrected chi connectivity index (χ1v) is 8.51. The summed E-state index contributed by atoms with van der Waals surface area (Å²) in [6.07, 6.45) is 2.08. The predicted molar refractivity (Wildman–Crippen MR) is 103 cm³/mol. The van der Waals surface area contributed by atoms with Gasteiger partial charge in [0.05, 0.1) is 0 Å². The summed E-state index contributed by atoms with van der Waals surface area (Å²) in [6, 6.07) is 19.5. The lowest BCUT2D eigenvalue weighted by atomic mass is 9.87. The molecule has 0 nitrogen and oxygen atoms in total. The van der Waals surface area contributed by atoms with Crippen LogP contribution in [-0.4, -0.2) is 0 Å². The summed E-state index contributed by atoms with van der Waals surface area (Å²) in [5, 5.41) is 0. The number of hydrogen-bond donors (Lipinski definition) is 0. The predicted octanol–water partition coefficient (Wildman–Crippen LogP) is 6.76. The highest BCUT2D eigenvalue weighted by molar-refractivity contribution is 5.71. The Balaban J connectivity index is 2.48. The van der Waals surface area contributed by atoms with Gasteiger partial charge in [-0.25, -0.2) is 0 Å². The van der Waals surface area contributed by atoms with Crippen LogP contribution in [0.5, 0.6) is 0 Å². The molecule has 0 fully saturated rings. The summed E-state index contributed by atoms with van der Waals surface area (Å²) in [7, 11) is 0. The molecular formula is C23H28. The van der Waals surface area contributed by atoms with Crippen molar-refractivity contribution in [1.82, 2.24) is 0 Å². The zero-order chi connectivity index (χ0) is 16.8. The molecule has 0 spiro atoms. The molecule has 0 N–H and O–H groups in total. The molecule has 0 atom stereocenters. The Hall–Kier alpha value is -2.08. The minimum atomic E-state index is 1.02. The van der Waals surface area contributed by atoms with Crippen LogP contribution < -0.4 is 0 Å². The van der Waals surface area contributed by atoms with Gasteiger partial charge in [-0.2, -0.15) is 0 Å². The summed E-state index contributed by atoms with van der Waals surface area (Å²) in [4.78, 5) is 0. The van der Waals surface area contributed by atoms with Gasteiger partial charge in [0, 0.05) is 0 Å². The lowest BCUT2D eigenvalue weighted by molar-refractivity contribution is 1.01. The van der Waals surface area contributed by atoms with Crippen molar-refractivity contribution in [1.29, 1.82) is 0 Å². The third-order valence-electron chi connectivity index (χ3n) is 4.61. The summed E-state index contributed by atoms with van der Waals surface area (Å²) >= 11 is 0. The molecule has 0 aliphatic heterocycles. The van der Waals surface area contributed by atoms with E-state index in [9.17, 15) is 0 Å². The van der Waals surface area contributed by atoms with E-state index in [1.807, 2.05) is 0 Å². The van der Waals surface area contributed by atoms with Crippen molar-refractivity contribution in [3.8, 4) is 0 Å². The molecule has 0 heteroatoms. The molecule has 2 aromatic carbocycles. The molecule has 0 heterocycles. The van der Waals surface area contributed by atoms with Crippen molar-refractivity contribution in [2.24, 2.45) is 0 Å². The fraction of sp³-hybridized carbons (Fsp3) is 0.304. The average molecular weight is 304 g/mol. The highest BCUT2D eigenvalue weighted by Gasteiger charge is 2.12. The molecule has 0 amide bonds. The normalized spacial score (nSPS) is 11.9. The van der Waals surface area contributed by atoms with Crippen molar-refractivity contribution in [2.75, 3.05) is 0 Å². The minimum Gasteiger partial charge on any atom is -0.0726 e. The summed E-state index contributed by atoms with van der Waals surface area (Å²) < 4.78 is 0. The van der Waals surface area contributed by atoms with Crippen molar-refractivity contribution < 1.29 is 0 Å². The van der Waals surface area contributed by atoms with Crippen LogP contribution in [0, 0.1) is 6.92 Å². The van der Waals surface area contributed by atoms with E-state index < -0.39 is 0 Å². The summed E-state index contributed by atoms with van der Waals surface area (Å²) in [5.74, 6) is 0. The smallest absolute Gasteiger partial charge is 0.00210 e. The summed E-state index contributed by atoms with van der Waals surface area (Å²) in [6.45, 7) is 11.2. The van der Waals surface area contributed by atoms with Gasteiger partial charge >= 0.3 is 0 Å². The third-order valence-corrected chi connectivity index (χ3v) is 4.61. The molecule has 2 aromatic rings. The molecule has 0 saturated heterocycles. The molecule has 0 unspecified atom stereocenters.